The van der Waals surface area contributed by atoms with Crippen LogP contribution in [0.5, 0.6) is 0 Å². The fraction of sp³-hybridized carbons (Fsp3) is 0.391. The van der Waals surface area contributed by atoms with E-state index in [0.29, 0.717) is 29.8 Å². The van der Waals surface area contributed by atoms with Gasteiger partial charge in [0.05, 0.1) is 5.75 Å². The number of benzene rings is 2. The van der Waals surface area contributed by atoms with Crippen LogP contribution in [0.1, 0.15) is 31.9 Å². The summed E-state index contributed by atoms with van der Waals surface area (Å²) < 4.78 is 0. The highest BCUT2D eigenvalue weighted by Gasteiger charge is 2.26. The zero-order chi connectivity index (χ0) is 21.2. The molecule has 2 aromatic carbocycles. The SMILES string of the molecule is CC(C)CNC(=O)[C@H](C)N(Cc1cccc(Cl)c1)C(=O)CSCc1ccccc1. The number of thioether (sulfide) groups is 1. The first-order valence-corrected chi connectivity index (χ1v) is 11.3. The van der Waals surface area contributed by atoms with E-state index in [-0.39, 0.29) is 11.8 Å². The molecule has 0 unspecified atom stereocenters. The highest BCUT2D eigenvalue weighted by atomic mass is 35.5. The molecule has 0 radical (unpaired) electrons. The lowest BCUT2D eigenvalue weighted by molar-refractivity contribution is -0.138. The van der Waals surface area contributed by atoms with Gasteiger partial charge in [-0.15, -0.1) is 11.8 Å². The van der Waals surface area contributed by atoms with Crippen molar-refractivity contribution in [3.05, 3.63) is 70.7 Å². The summed E-state index contributed by atoms with van der Waals surface area (Å²) in [4.78, 5) is 27.2. The number of hydrogen-bond donors (Lipinski definition) is 1. The molecule has 2 aromatic rings. The van der Waals surface area contributed by atoms with Crippen LogP contribution in [0.15, 0.2) is 54.6 Å². The maximum absolute atomic E-state index is 13.0. The number of amides is 2. The maximum atomic E-state index is 13.0. The zero-order valence-electron chi connectivity index (χ0n) is 17.2. The molecule has 1 atom stereocenters. The largest absolute Gasteiger partial charge is 0.354 e. The van der Waals surface area contributed by atoms with Crippen LogP contribution in [-0.2, 0) is 21.9 Å². The molecule has 0 heterocycles. The fourth-order valence-electron chi connectivity index (χ4n) is 2.78. The highest BCUT2D eigenvalue weighted by Crippen LogP contribution is 2.17. The molecule has 29 heavy (non-hydrogen) atoms. The number of carbonyl (C=O) groups excluding carboxylic acids is 2. The van der Waals surface area contributed by atoms with Gasteiger partial charge in [-0.05, 0) is 36.1 Å². The van der Waals surface area contributed by atoms with Gasteiger partial charge in [0.25, 0.3) is 0 Å². The van der Waals surface area contributed by atoms with Crippen LogP contribution >= 0.6 is 23.4 Å². The quantitative estimate of drug-likeness (QED) is 0.588. The molecule has 156 valence electrons. The van der Waals surface area contributed by atoms with Gasteiger partial charge in [-0.2, -0.15) is 0 Å². The van der Waals surface area contributed by atoms with E-state index in [2.05, 4.69) is 5.32 Å². The van der Waals surface area contributed by atoms with Crippen molar-refractivity contribution in [2.45, 2.75) is 39.1 Å². The first-order valence-electron chi connectivity index (χ1n) is 9.80. The molecule has 0 bridgehead atoms. The van der Waals surface area contributed by atoms with E-state index < -0.39 is 6.04 Å². The summed E-state index contributed by atoms with van der Waals surface area (Å²) in [7, 11) is 0. The molecule has 6 heteroatoms. The monoisotopic (exact) mass is 432 g/mol. The second-order valence-corrected chi connectivity index (χ2v) is 8.87. The van der Waals surface area contributed by atoms with Gasteiger partial charge < -0.3 is 10.2 Å². The third-order valence-electron chi connectivity index (χ3n) is 4.43. The standard InChI is InChI=1S/C23H29ClN2O2S/c1-17(2)13-25-23(28)18(3)26(14-20-10-7-11-21(24)12-20)22(27)16-29-15-19-8-5-4-6-9-19/h4-12,17-18H,13-16H2,1-3H3,(H,25,28)/t18-/m0/s1. The fourth-order valence-corrected chi connectivity index (χ4v) is 3.86. The summed E-state index contributed by atoms with van der Waals surface area (Å²) in [5, 5.41) is 3.55. The molecular weight excluding hydrogens is 404 g/mol. The summed E-state index contributed by atoms with van der Waals surface area (Å²) in [6, 6.07) is 16.9. The first-order chi connectivity index (χ1) is 13.9. The third kappa shape index (κ3) is 8.11. The van der Waals surface area contributed by atoms with Crippen molar-refractivity contribution in [2.24, 2.45) is 5.92 Å². The Morgan fingerprint density at radius 2 is 1.72 bits per heavy atom. The lowest BCUT2D eigenvalue weighted by atomic mass is 10.1. The van der Waals surface area contributed by atoms with Crippen molar-refractivity contribution >= 4 is 35.2 Å². The summed E-state index contributed by atoms with van der Waals surface area (Å²) in [5.41, 5.74) is 2.08. The minimum absolute atomic E-state index is 0.0573. The summed E-state index contributed by atoms with van der Waals surface area (Å²) in [6.45, 7) is 6.80. The van der Waals surface area contributed by atoms with Crippen LogP contribution < -0.4 is 5.32 Å². The van der Waals surface area contributed by atoms with Crippen LogP contribution in [0.25, 0.3) is 0 Å². The Morgan fingerprint density at radius 1 is 1.03 bits per heavy atom. The second kappa shape index (κ2) is 11.9. The molecule has 0 spiro atoms. The minimum Gasteiger partial charge on any atom is -0.354 e. The van der Waals surface area contributed by atoms with Crippen LogP contribution in [0.4, 0.5) is 0 Å². The van der Waals surface area contributed by atoms with Crippen LogP contribution in [0.3, 0.4) is 0 Å². The van der Waals surface area contributed by atoms with Gasteiger partial charge in [-0.3, -0.25) is 9.59 Å². The third-order valence-corrected chi connectivity index (χ3v) is 5.65. The zero-order valence-corrected chi connectivity index (χ0v) is 18.8. The van der Waals surface area contributed by atoms with E-state index in [1.165, 1.54) is 5.56 Å². The molecule has 0 aliphatic carbocycles. The number of nitrogens with one attached hydrogen (secondary N) is 1. The van der Waals surface area contributed by atoms with E-state index in [4.69, 9.17) is 11.6 Å². The van der Waals surface area contributed by atoms with Gasteiger partial charge in [0.1, 0.15) is 6.04 Å². The van der Waals surface area contributed by atoms with Crippen molar-refractivity contribution in [3.8, 4) is 0 Å². The Hall–Kier alpha value is -1.98. The van der Waals surface area contributed by atoms with E-state index in [1.807, 2.05) is 62.4 Å². The van der Waals surface area contributed by atoms with Crippen molar-refractivity contribution in [1.82, 2.24) is 10.2 Å². The van der Waals surface area contributed by atoms with E-state index >= 15 is 0 Å². The van der Waals surface area contributed by atoms with E-state index in [0.717, 1.165) is 11.3 Å². The molecular formula is C23H29ClN2O2S. The molecule has 0 saturated heterocycles. The smallest absolute Gasteiger partial charge is 0.242 e. The maximum Gasteiger partial charge on any atom is 0.242 e. The number of rotatable bonds is 10. The van der Waals surface area contributed by atoms with Gasteiger partial charge >= 0.3 is 0 Å². The van der Waals surface area contributed by atoms with E-state index in [1.54, 1.807) is 29.7 Å². The van der Waals surface area contributed by atoms with Crippen molar-refractivity contribution in [3.63, 3.8) is 0 Å². The molecule has 2 rings (SSSR count). The highest BCUT2D eigenvalue weighted by molar-refractivity contribution is 7.99. The Balaban J connectivity index is 2.05. The minimum atomic E-state index is -0.558. The lowest BCUT2D eigenvalue weighted by Crippen LogP contribution is -2.48. The van der Waals surface area contributed by atoms with Crippen LogP contribution in [0, 0.1) is 5.92 Å². The Labute approximate surface area is 183 Å². The predicted octanol–water partition coefficient (Wildman–Crippen LogP) is 4.76. The number of hydrogen-bond acceptors (Lipinski definition) is 3. The number of halogens is 1. The number of nitrogens with zero attached hydrogens (tertiary/aromatic N) is 1. The van der Waals surface area contributed by atoms with Crippen molar-refractivity contribution in [1.29, 1.82) is 0 Å². The van der Waals surface area contributed by atoms with Crippen LogP contribution in [0.2, 0.25) is 5.02 Å². The topological polar surface area (TPSA) is 49.4 Å². The summed E-state index contributed by atoms with van der Waals surface area (Å²) in [5.74, 6) is 1.23. The van der Waals surface area contributed by atoms with Gasteiger partial charge in [0.15, 0.2) is 0 Å². The lowest BCUT2D eigenvalue weighted by Gasteiger charge is -2.29. The normalized spacial score (nSPS) is 11.9. The molecule has 1 N–H and O–H groups in total. The van der Waals surface area contributed by atoms with Gasteiger partial charge in [-0.25, -0.2) is 0 Å². The molecule has 0 aromatic heterocycles. The van der Waals surface area contributed by atoms with Gasteiger partial charge in [-0.1, -0.05) is 67.9 Å². The van der Waals surface area contributed by atoms with Crippen molar-refractivity contribution < 1.29 is 9.59 Å². The Kier molecular flexibility index (Phi) is 9.55. The van der Waals surface area contributed by atoms with Crippen LogP contribution in [-0.4, -0.2) is 35.1 Å². The molecule has 0 saturated carbocycles. The molecule has 0 aliphatic rings. The summed E-state index contributed by atoms with van der Waals surface area (Å²) >= 11 is 7.65. The van der Waals surface area contributed by atoms with Crippen molar-refractivity contribution in [2.75, 3.05) is 12.3 Å². The molecule has 0 aliphatic heterocycles. The molecule has 0 fully saturated rings. The Morgan fingerprint density at radius 3 is 2.38 bits per heavy atom. The predicted molar refractivity (Wildman–Crippen MR) is 122 cm³/mol. The second-order valence-electron chi connectivity index (χ2n) is 7.44. The molecule has 2 amide bonds. The van der Waals surface area contributed by atoms with Gasteiger partial charge in [0.2, 0.25) is 11.8 Å². The molecule has 4 nitrogen and oxygen atoms in total. The summed E-state index contributed by atoms with van der Waals surface area (Å²) in [6.07, 6.45) is 0. The van der Waals surface area contributed by atoms with Gasteiger partial charge in [0, 0.05) is 23.9 Å². The Bertz CT molecular complexity index is 798. The number of carbonyl (C=O) groups is 2. The first kappa shape index (κ1) is 23.3. The average molecular weight is 433 g/mol. The van der Waals surface area contributed by atoms with E-state index in [9.17, 15) is 9.59 Å². The average Bonchev–Trinajstić information content (AvgIpc) is 2.70.